The lowest BCUT2D eigenvalue weighted by Crippen LogP contribution is -2.14. The van der Waals surface area contributed by atoms with Gasteiger partial charge < -0.3 is 10.2 Å². The van der Waals surface area contributed by atoms with Gasteiger partial charge in [-0.05, 0) is 12.1 Å². The van der Waals surface area contributed by atoms with Crippen molar-refractivity contribution in [3.8, 4) is 0 Å². The van der Waals surface area contributed by atoms with Gasteiger partial charge >= 0.3 is 5.97 Å². The minimum atomic E-state index is -2.26. The van der Waals surface area contributed by atoms with Crippen LogP contribution in [0.15, 0.2) is 12.1 Å². The number of carboxylic acid groups (broad SMARTS) is 1. The van der Waals surface area contributed by atoms with Gasteiger partial charge in [-0.15, -0.1) is 0 Å². The lowest BCUT2D eigenvalue weighted by atomic mass is 10.1. The first kappa shape index (κ1) is 10.9. The van der Waals surface area contributed by atoms with Gasteiger partial charge in [0, 0.05) is 0 Å². The number of hydrogen-bond acceptors (Lipinski definition) is 2. The Morgan fingerprint density at radius 3 is 2.50 bits per heavy atom. The van der Waals surface area contributed by atoms with E-state index in [1.807, 2.05) is 0 Å². The van der Waals surface area contributed by atoms with Gasteiger partial charge in [-0.1, -0.05) is 11.6 Å². The predicted octanol–water partition coefficient (Wildman–Crippen LogP) is 1.74. The third kappa shape index (κ3) is 1.83. The fourth-order valence-electron chi connectivity index (χ4n) is 0.917. The van der Waals surface area contributed by atoms with E-state index in [-0.39, 0.29) is 0 Å². The molecule has 1 aromatic rings. The average molecular weight is 223 g/mol. The molecule has 0 heterocycles. The maximum atomic E-state index is 13.1. The van der Waals surface area contributed by atoms with Crippen molar-refractivity contribution in [2.45, 2.75) is 6.10 Å². The molecule has 0 spiro atoms. The zero-order chi connectivity index (χ0) is 10.9. The van der Waals surface area contributed by atoms with Crippen molar-refractivity contribution in [2.24, 2.45) is 0 Å². The fourth-order valence-corrected chi connectivity index (χ4v) is 1.08. The molecule has 1 unspecified atom stereocenters. The molecule has 0 fully saturated rings. The van der Waals surface area contributed by atoms with E-state index in [1.54, 1.807) is 0 Å². The Hall–Kier alpha value is -1.20. The largest absolute Gasteiger partial charge is 0.479 e. The highest BCUT2D eigenvalue weighted by molar-refractivity contribution is 6.30. The van der Waals surface area contributed by atoms with Crippen molar-refractivity contribution in [3.63, 3.8) is 0 Å². The number of carboxylic acids is 1. The number of aliphatic hydroxyl groups excluding tert-OH is 1. The second-order valence-electron chi connectivity index (χ2n) is 2.50. The highest BCUT2D eigenvalue weighted by Gasteiger charge is 2.25. The van der Waals surface area contributed by atoms with Crippen molar-refractivity contribution in [1.29, 1.82) is 0 Å². The molecule has 0 aliphatic carbocycles. The number of aliphatic hydroxyl groups is 1. The third-order valence-electron chi connectivity index (χ3n) is 1.59. The van der Waals surface area contributed by atoms with Crippen LogP contribution in [0, 0.1) is 11.6 Å². The molecule has 1 atom stereocenters. The van der Waals surface area contributed by atoms with Gasteiger partial charge in [0.15, 0.2) is 11.9 Å². The second kappa shape index (κ2) is 3.89. The topological polar surface area (TPSA) is 57.5 Å². The zero-order valence-corrected chi connectivity index (χ0v) is 7.42. The third-order valence-corrected chi connectivity index (χ3v) is 1.88. The number of carbonyl (C=O) groups is 1. The molecule has 0 aromatic heterocycles. The molecular weight excluding hydrogens is 218 g/mol. The van der Waals surface area contributed by atoms with Gasteiger partial charge in [-0.2, -0.15) is 0 Å². The van der Waals surface area contributed by atoms with Crippen LogP contribution in [0.2, 0.25) is 5.02 Å². The summed E-state index contributed by atoms with van der Waals surface area (Å²) in [6.45, 7) is 0. The molecule has 14 heavy (non-hydrogen) atoms. The summed E-state index contributed by atoms with van der Waals surface area (Å²) in [6, 6.07) is 1.72. The Morgan fingerprint density at radius 1 is 1.43 bits per heavy atom. The molecule has 6 heteroatoms. The van der Waals surface area contributed by atoms with Crippen molar-refractivity contribution in [2.75, 3.05) is 0 Å². The van der Waals surface area contributed by atoms with E-state index < -0.39 is 34.3 Å². The van der Waals surface area contributed by atoms with E-state index >= 15 is 0 Å². The SMILES string of the molecule is O=C(O)C(O)c1c(F)ccc(Cl)c1F. The van der Waals surface area contributed by atoms with Crippen molar-refractivity contribution in [3.05, 3.63) is 34.4 Å². The predicted molar refractivity (Wildman–Crippen MR) is 44.0 cm³/mol. The quantitative estimate of drug-likeness (QED) is 0.750. The van der Waals surface area contributed by atoms with E-state index in [0.29, 0.717) is 0 Å². The molecule has 0 amide bonds. The second-order valence-corrected chi connectivity index (χ2v) is 2.90. The Kier molecular flexibility index (Phi) is 3.03. The lowest BCUT2D eigenvalue weighted by Gasteiger charge is -2.08. The Balaban J connectivity index is 3.32. The molecule has 2 N–H and O–H groups in total. The molecule has 0 aliphatic heterocycles. The first-order chi connectivity index (χ1) is 6.45. The van der Waals surface area contributed by atoms with Crippen LogP contribution in [0.25, 0.3) is 0 Å². The molecule has 0 saturated heterocycles. The Bertz CT molecular complexity index is 381. The molecule has 76 valence electrons. The van der Waals surface area contributed by atoms with Crippen LogP contribution in [0.1, 0.15) is 11.7 Å². The molecule has 0 saturated carbocycles. The average Bonchev–Trinajstić information content (AvgIpc) is 2.12. The van der Waals surface area contributed by atoms with Gasteiger partial charge in [-0.25, -0.2) is 13.6 Å². The van der Waals surface area contributed by atoms with Crippen LogP contribution < -0.4 is 0 Å². The van der Waals surface area contributed by atoms with Crippen LogP contribution in [0.4, 0.5) is 8.78 Å². The fraction of sp³-hybridized carbons (Fsp3) is 0.125. The summed E-state index contributed by atoms with van der Waals surface area (Å²) in [7, 11) is 0. The van der Waals surface area contributed by atoms with E-state index in [1.165, 1.54) is 0 Å². The zero-order valence-electron chi connectivity index (χ0n) is 6.67. The summed E-state index contributed by atoms with van der Waals surface area (Å²) >= 11 is 5.29. The highest BCUT2D eigenvalue weighted by atomic mass is 35.5. The van der Waals surface area contributed by atoms with Crippen molar-refractivity contribution < 1.29 is 23.8 Å². The Labute approximate surface area is 82.5 Å². The number of aliphatic carboxylic acids is 1. The summed E-state index contributed by atoms with van der Waals surface area (Å²) in [5.41, 5.74) is -0.954. The van der Waals surface area contributed by atoms with E-state index in [9.17, 15) is 13.6 Å². The number of hydrogen-bond donors (Lipinski definition) is 2. The summed E-state index contributed by atoms with van der Waals surface area (Å²) in [5.74, 6) is -4.16. The smallest absolute Gasteiger partial charge is 0.337 e. The number of benzene rings is 1. The molecule has 1 aromatic carbocycles. The van der Waals surface area contributed by atoms with Gasteiger partial charge in [0.1, 0.15) is 5.82 Å². The Morgan fingerprint density at radius 2 is 2.00 bits per heavy atom. The maximum Gasteiger partial charge on any atom is 0.337 e. The summed E-state index contributed by atoms with van der Waals surface area (Å²) in [5, 5.41) is 16.9. The summed E-state index contributed by atoms with van der Waals surface area (Å²) < 4.78 is 26.0. The standard InChI is InChI=1S/C8H5ClF2O3/c9-3-1-2-4(10)5(6(3)11)7(12)8(13)14/h1-2,7,12H,(H,13,14). The maximum absolute atomic E-state index is 13.1. The molecule has 3 nitrogen and oxygen atoms in total. The van der Waals surface area contributed by atoms with Crippen LogP contribution >= 0.6 is 11.6 Å². The van der Waals surface area contributed by atoms with Crippen molar-refractivity contribution in [1.82, 2.24) is 0 Å². The minimum absolute atomic E-state index is 0.443. The molecule has 0 radical (unpaired) electrons. The molecule has 0 bridgehead atoms. The van der Waals surface area contributed by atoms with Gasteiger partial charge in [0.2, 0.25) is 0 Å². The molecule has 0 aliphatic rings. The van der Waals surface area contributed by atoms with Crippen LogP contribution in [-0.4, -0.2) is 16.2 Å². The molecule has 1 rings (SSSR count). The van der Waals surface area contributed by atoms with Crippen LogP contribution in [0.3, 0.4) is 0 Å². The highest BCUT2D eigenvalue weighted by Crippen LogP contribution is 2.26. The first-order valence-electron chi connectivity index (χ1n) is 3.49. The van der Waals surface area contributed by atoms with Crippen LogP contribution in [0.5, 0.6) is 0 Å². The van der Waals surface area contributed by atoms with Gasteiger partial charge in [0.05, 0.1) is 10.6 Å². The van der Waals surface area contributed by atoms with Crippen LogP contribution in [-0.2, 0) is 4.79 Å². The summed E-state index contributed by atoms with van der Waals surface area (Å²) in [4.78, 5) is 10.3. The molecular formula is C8H5ClF2O3. The normalized spacial score (nSPS) is 12.6. The first-order valence-corrected chi connectivity index (χ1v) is 3.87. The monoisotopic (exact) mass is 222 g/mol. The lowest BCUT2D eigenvalue weighted by molar-refractivity contribution is -0.147. The summed E-state index contributed by atoms with van der Waals surface area (Å²) in [6.07, 6.45) is -2.26. The van der Waals surface area contributed by atoms with Gasteiger partial charge in [0.25, 0.3) is 0 Å². The van der Waals surface area contributed by atoms with Crippen molar-refractivity contribution >= 4 is 17.6 Å². The number of halogens is 3. The van der Waals surface area contributed by atoms with Gasteiger partial charge in [-0.3, -0.25) is 0 Å². The van der Waals surface area contributed by atoms with E-state index in [0.717, 1.165) is 12.1 Å². The van der Waals surface area contributed by atoms with E-state index in [2.05, 4.69) is 0 Å². The minimum Gasteiger partial charge on any atom is -0.479 e. The van der Waals surface area contributed by atoms with E-state index in [4.69, 9.17) is 21.8 Å². The number of rotatable bonds is 2.